The first-order chi connectivity index (χ1) is 13.7. The molecule has 0 unspecified atom stereocenters. The fourth-order valence-corrected chi connectivity index (χ4v) is 3.90. The van der Waals surface area contributed by atoms with Crippen molar-refractivity contribution in [1.29, 1.82) is 0 Å². The number of rotatable bonds is 6. The lowest BCUT2D eigenvalue weighted by Crippen LogP contribution is -2.30. The zero-order valence-electron chi connectivity index (χ0n) is 16.8. The maximum atomic E-state index is 4.94. The van der Waals surface area contributed by atoms with Gasteiger partial charge in [0.1, 0.15) is 0 Å². The molecule has 1 aromatic heterocycles. The Balaban J connectivity index is 1.78. The maximum absolute atomic E-state index is 4.94. The summed E-state index contributed by atoms with van der Waals surface area (Å²) in [6.07, 6.45) is 6.23. The molecule has 0 saturated heterocycles. The van der Waals surface area contributed by atoms with Crippen LogP contribution in [0.5, 0.6) is 0 Å². The van der Waals surface area contributed by atoms with Crippen LogP contribution in [0.1, 0.15) is 31.0 Å². The molecule has 2 heterocycles. The molecule has 4 heteroatoms. The number of nitrogens with one attached hydrogen (secondary N) is 1. The van der Waals surface area contributed by atoms with Crippen LogP contribution in [0.15, 0.2) is 54.0 Å². The largest absolute Gasteiger partial charge is 0.382 e. The first-order valence-corrected chi connectivity index (χ1v) is 10.1. The molecule has 0 aliphatic carbocycles. The number of likely N-dealkylation sites (N-methyl/N-ethyl adjacent to an activating group) is 1. The van der Waals surface area contributed by atoms with Crippen molar-refractivity contribution in [3.8, 4) is 0 Å². The summed E-state index contributed by atoms with van der Waals surface area (Å²) >= 11 is 0. The quantitative estimate of drug-likeness (QED) is 0.563. The summed E-state index contributed by atoms with van der Waals surface area (Å²) < 4.78 is 2.38. The van der Waals surface area contributed by atoms with Crippen LogP contribution < -0.4 is 10.2 Å². The topological polar surface area (TPSA) is 32.6 Å². The predicted octanol–water partition coefficient (Wildman–Crippen LogP) is 5.70. The Morgan fingerprint density at radius 1 is 1.21 bits per heavy atom. The van der Waals surface area contributed by atoms with Gasteiger partial charge in [0.05, 0.1) is 29.0 Å². The van der Waals surface area contributed by atoms with Gasteiger partial charge in [-0.2, -0.15) is 0 Å². The molecule has 0 amide bonds. The SMILES string of the molecule is C=Cc1cc(N=Cc2cc3ccccc3n2CCCC)c2c(c1)NCCN2C. The fourth-order valence-electron chi connectivity index (χ4n) is 3.90. The van der Waals surface area contributed by atoms with E-state index in [0.29, 0.717) is 0 Å². The van der Waals surface area contributed by atoms with Gasteiger partial charge in [-0.1, -0.05) is 44.2 Å². The highest BCUT2D eigenvalue weighted by atomic mass is 15.2. The van der Waals surface area contributed by atoms with E-state index in [2.05, 4.69) is 77.8 Å². The average Bonchev–Trinajstić information content (AvgIpc) is 3.07. The minimum atomic E-state index is 0.943. The third-order valence-electron chi connectivity index (χ3n) is 5.41. The van der Waals surface area contributed by atoms with E-state index in [-0.39, 0.29) is 0 Å². The van der Waals surface area contributed by atoms with E-state index >= 15 is 0 Å². The molecule has 1 aliphatic rings. The van der Waals surface area contributed by atoms with E-state index in [9.17, 15) is 0 Å². The number of para-hydroxylation sites is 1. The number of aliphatic imine (C=N–C) groups is 1. The van der Waals surface area contributed by atoms with Gasteiger partial charge in [0.15, 0.2) is 0 Å². The molecule has 0 radical (unpaired) electrons. The van der Waals surface area contributed by atoms with Gasteiger partial charge in [-0.25, -0.2) is 0 Å². The average molecular weight is 373 g/mol. The van der Waals surface area contributed by atoms with E-state index in [4.69, 9.17) is 4.99 Å². The molecule has 4 nitrogen and oxygen atoms in total. The molecule has 0 spiro atoms. The van der Waals surface area contributed by atoms with Crippen LogP contribution in [0, 0.1) is 0 Å². The second-order valence-electron chi connectivity index (χ2n) is 7.38. The molecule has 1 N–H and O–H groups in total. The predicted molar refractivity (Wildman–Crippen MR) is 122 cm³/mol. The second-order valence-corrected chi connectivity index (χ2v) is 7.38. The van der Waals surface area contributed by atoms with Crippen molar-refractivity contribution in [2.45, 2.75) is 26.3 Å². The van der Waals surface area contributed by atoms with Gasteiger partial charge in [0, 0.05) is 37.6 Å². The lowest BCUT2D eigenvalue weighted by molar-refractivity contribution is 0.647. The van der Waals surface area contributed by atoms with Crippen molar-refractivity contribution in [3.63, 3.8) is 0 Å². The Morgan fingerprint density at radius 3 is 2.89 bits per heavy atom. The highest BCUT2D eigenvalue weighted by Crippen LogP contribution is 2.39. The van der Waals surface area contributed by atoms with Crippen molar-refractivity contribution >= 4 is 40.3 Å². The molecular formula is C24H28N4. The van der Waals surface area contributed by atoms with Crippen molar-refractivity contribution < 1.29 is 0 Å². The summed E-state index contributed by atoms with van der Waals surface area (Å²) in [6, 6.07) is 15.1. The first-order valence-electron chi connectivity index (χ1n) is 10.1. The molecule has 1 aliphatic heterocycles. The van der Waals surface area contributed by atoms with E-state index in [1.165, 1.54) is 17.3 Å². The molecule has 0 atom stereocenters. The molecule has 3 aromatic rings. The van der Waals surface area contributed by atoms with Crippen LogP contribution in [0.2, 0.25) is 0 Å². The highest BCUT2D eigenvalue weighted by molar-refractivity contribution is 5.94. The van der Waals surface area contributed by atoms with Crippen LogP contribution in [-0.2, 0) is 6.54 Å². The van der Waals surface area contributed by atoms with Gasteiger partial charge >= 0.3 is 0 Å². The van der Waals surface area contributed by atoms with Crippen LogP contribution in [0.4, 0.5) is 17.1 Å². The van der Waals surface area contributed by atoms with Crippen molar-refractivity contribution in [2.75, 3.05) is 30.4 Å². The fraction of sp³-hybridized carbons (Fsp3) is 0.292. The Kier molecular flexibility index (Phi) is 5.20. The van der Waals surface area contributed by atoms with Gasteiger partial charge in [0.25, 0.3) is 0 Å². The van der Waals surface area contributed by atoms with E-state index in [1.807, 2.05) is 12.3 Å². The minimum absolute atomic E-state index is 0.943. The maximum Gasteiger partial charge on any atom is 0.0891 e. The molecule has 2 aromatic carbocycles. The first kappa shape index (κ1) is 18.4. The summed E-state index contributed by atoms with van der Waals surface area (Å²) in [5, 5.41) is 4.76. The number of unbranched alkanes of at least 4 members (excludes halogenated alkanes) is 1. The van der Waals surface area contributed by atoms with Crippen molar-refractivity contribution in [1.82, 2.24) is 4.57 Å². The van der Waals surface area contributed by atoms with Gasteiger partial charge in [-0.15, -0.1) is 0 Å². The molecule has 0 bridgehead atoms. The summed E-state index contributed by atoms with van der Waals surface area (Å²) in [7, 11) is 2.13. The number of aryl methyl sites for hydroxylation is 1. The van der Waals surface area contributed by atoms with E-state index in [1.54, 1.807) is 0 Å². The molecule has 0 fully saturated rings. The normalized spacial score (nSPS) is 13.7. The minimum Gasteiger partial charge on any atom is -0.382 e. The Labute approximate surface area is 167 Å². The third-order valence-corrected chi connectivity index (χ3v) is 5.41. The monoisotopic (exact) mass is 372 g/mol. The number of hydrogen-bond acceptors (Lipinski definition) is 3. The lowest BCUT2D eigenvalue weighted by Gasteiger charge is -2.30. The Hall–Kier alpha value is -3.01. The van der Waals surface area contributed by atoms with Gasteiger partial charge in [-0.05, 0) is 36.2 Å². The van der Waals surface area contributed by atoms with Gasteiger partial charge < -0.3 is 14.8 Å². The molecule has 4 rings (SSSR count). The second kappa shape index (κ2) is 7.93. The number of fused-ring (bicyclic) bond motifs is 2. The number of aromatic nitrogens is 1. The standard InChI is InChI=1S/C24H28N4/c1-4-6-12-28-20(16-19-9-7-8-10-23(19)28)17-26-22-15-18(5-2)14-21-24(22)27(3)13-11-25-21/h5,7-10,14-17,25H,2,4,6,11-13H2,1,3H3. The molecule has 0 saturated carbocycles. The van der Waals surface area contributed by atoms with Crippen LogP contribution >= 0.6 is 0 Å². The summed E-state index contributed by atoms with van der Waals surface area (Å²) in [5.74, 6) is 0. The smallest absolute Gasteiger partial charge is 0.0891 e. The summed E-state index contributed by atoms with van der Waals surface area (Å²) in [6.45, 7) is 9.10. The van der Waals surface area contributed by atoms with Crippen LogP contribution in [-0.4, -0.2) is 30.9 Å². The van der Waals surface area contributed by atoms with Gasteiger partial charge in [-0.3, -0.25) is 4.99 Å². The van der Waals surface area contributed by atoms with Crippen LogP contribution in [0.25, 0.3) is 17.0 Å². The Morgan fingerprint density at radius 2 is 2.07 bits per heavy atom. The third kappa shape index (κ3) is 3.42. The molecule has 28 heavy (non-hydrogen) atoms. The van der Waals surface area contributed by atoms with Crippen molar-refractivity contribution in [3.05, 3.63) is 60.3 Å². The molecular weight excluding hydrogens is 344 g/mol. The Bertz CT molecular complexity index is 1030. The van der Waals surface area contributed by atoms with Crippen molar-refractivity contribution in [2.24, 2.45) is 4.99 Å². The number of nitrogens with zero attached hydrogens (tertiary/aromatic N) is 3. The zero-order chi connectivity index (χ0) is 19.5. The summed E-state index contributed by atoms with van der Waals surface area (Å²) in [4.78, 5) is 7.21. The number of benzene rings is 2. The lowest BCUT2D eigenvalue weighted by atomic mass is 10.1. The molecule has 144 valence electrons. The number of hydrogen-bond donors (Lipinski definition) is 1. The van der Waals surface area contributed by atoms with E-state index in [0.717, 1.165) is 54.4 Å². The zero-order valence-corrected chi connectivity index (χ0v) is 16.8. The number of anilines is 2. The summed E-state index contributed by atoms with van der Waals surface area (Å²) in [5.41, 5.74) is 6.78. The van der Waals surface area contributed by atoms with E-state index < -0.39 is 0 Å². The van der Waals surface area contributed by atoms with Gasteiger partial charge in [0.2, 0.25) is 0 Å². The van der Waals surface area contributed by atoms with Crippen LogP contribution in [0.3, 0.4) is 0 Å². The highest BCUT2D eigenvalue weighted by Gasteiger charge is 2.18.